The molecule has 3 rings (SSSR count). The minimum Gasteiger partial charge on any atom is -0.494 e. The first-order valence-electron chi connectivity index (χ1n) is 9.17. The average Bonchev–Trinajstić information content (AvgIpc) is 2.71. The molecule has 0 saturated carbocycles. The second kappa shape index (κ2) is 8.56. The van der Waals surface area contributed by atoms with Gasteiger partial charge in [0, 0.05) is 13.6 Å². The van der Waals surface area contributed by atoms with Crippen molar-refractivity contribution in [3.8, 4) is 5.75 Å². The predicted octanol–water partition coefficient (Wildman–Crippen LogP) is 1.79. The van der Waals surface area contributed by atoms with Gasteiger partial charge in [-0.05, 0) is 43.2 Å². The minimum absolute atomic E-state index is 0.210. The molecule has 0 unspecified atom stereocenters. The number of hydrogen-bond donors (Lipinski definition) is 1. The number of amides is 1. The fourth-order valence-electron chi connectivity index (χ4n) is 2.95. The molecule has 0 saturated heterocycles. The van der Waals surface area contributed by atoms with Crippen LogP contribution in [0.1, 0.15) is 12.5 Å². The Morgan fingerprint density at radius 2 is 1.75 bits per heavy atom. The summed E-state index contributed by atoms with van der Waals surface area (Å²) in [7, 11) is 1.68. The summed E-state index contributed by atoms with van der Waals surface area (Å²) in [6.07, 6.45) is 0.678. The van der Waals surface area contributed by atoms with Gasteiger partial charge in [-0.1, -0.05) is 24.3 Å². The van der Waals surface area contributed by atoms with Crippen LogP contribution in [0.3, 0.4) is 0 Å². The second-order valence-corrected chi connectivity index (χ2v) is 6.52. The van der Waals surface area contributed by atoms with Crippen LogP contribution in [0, 0.1) is 0 Å². The molecule has 1 aromatic heterocycles. The fraction of sp³-hybridized carbons (Fsp3) is 0.286. The lowest BCUT2D eigenvalue weighted by Gasteiger charge is -2.18. The van der Waals surface area contributed by atoms with E-state index in [9.17, 15) is 14.4 Å². The van der Waals surface area contributed by atoms with Crippen molar-refractivity contribution in [3.63, 3.8) is 0 Å². The number of rotatable bonds is 7. The lowest BCUT2D eigenvalue weighted by Crippen LogP contribution is -2.38. The van der Waals surface area contributed by atoms with Crippen LogP contribution in [-0.2, 0) is 17.8 Å². The number of carbonyl (C=O) groups excluding carboxylic acids is 1. The van der Waals surface area contributed by atoms with Gasteiger partial charge < -0.3 is 9.64 Å². The van der Waals surface area contributed by atoms with Crippen molar-refractivity contribution in [1.29, 1.82) is 0 Å². The zero-order valence-electron chi connectivity index (χ0n) is 16.0. The summed E-state index contributed by atoms with van der Waals surface area (Å²) in [5, 5.41) is 3.10. The van der Waals surface area contributed by atoms with Gasteiger partial charge in [0.25, 0.3) is 11.1 Å². The molecule has 0 bridgehead atoms. The summed E-state index contributed by atoms with van der Waals surface area (Å²) in [6.45, 7) is 2.84. The van der Waals surface area contributed by atoms with E-state index in [1.165, 1.54) is 0 Å². The van der Waals surface area contributed by atoms with Crippen molar-refractivity contribution < 1.29 is 9.53 Å². The van der Waals surface area contributed by atoms with Gasteiger partial charge in [0.15, 0.2) is 0 Å². The molecule has 0 aliphatic heterocycles. The third-order valence-electron chi connectivity index (χ3n) is 4.57. The van der Waals surface area contributed by atoms with E-state index in [4.69, 9.17) is 4.74 Å². The molecule has 0 fully saturated rings. The third-order valence-corrected chi connectivity index (χ3v) is 4.57. The number of likely N-dealkylation sites (N-methyl/N-ethyl adjacent to an activating group) is 1. The van der Waals surface area contributed by atoms with E-state index in [0.29, 0.717) is 30.3 Å². The maximum absolute atomic E-state index is 12.5. The standard InChI is InChI=1S/C21H23N3O4/c1-3-28-16-10-8-15(9-11-16)12-13-23(2)19(25)14-24-21(27)18-7-5-4-6-17(18)20(26)22-24/h4-11H,3,12-14H2,1-2H3,(H,22,26). The Morgan fingerprint density at radius 1 is 1.07 bits per heavy atom. The van der Waals surface area contributed by atoms with Crippen molar-refractivity contribution in [2.24, 2.45) is 0 Å². The predicted molar refractivity (Wildman–Crippen MR) is 108 cm³/mol. The molecule has 2 aromatic carbocycles. The largest absolute Gasteiger partial charge is 0.494 e. The Balaban J connectivity index is 1.66. The first-order valence-corrected chi connectivity index (χ1v) is 9.17. The number of nitrogens with zero attached hydrogens (tertiary/aromatic N) is 2. The van der Waals surface area contributed by atoms with E-state index in [0.717, 1.165) is 16.0 Å². The van der Waals surface area contributed by atoms with Gasteiger partial charge in [0.1, 0.15) is 12.3 Å². The van der Waals surface area contributed by atoms with Crippen LogP contribution in [-0.4, -0.2) is 40.8 Å². The molecule has 0 aliphatic carbocycles. The van der Waals surface area contributed by atoms with Gasteiger partial charge in [-0.15, -0.1) is 0 Å². The number of H-pyrrole nitrogens is 1. The lowest BCUT2D eigenvalue weighted by atomic mass is 10.1. The zero-order valence-corrected chi connectivity index (χ0v) is 16.0. The van der Waals surface area contributed by atoms with Crippen molar-refractivity contribution in [3.05, 3.63) is 74.8 Å². The summed E-state index contributed by atoms with van der Waals surface area (Å²) in [5.41, 5.74) is 0.308. The number of carbonyl (C=O) groups is 1. The minimum atomic E-state index is -0.389. The van der Waals surface area contributed by atoms with E-state index >= 15 is 0 Å². The van der Waals surface area contributed by atoms with Crippen LogP contribution in [0.4, 0.5) is 0 Å². The topological polar surface area (TPSA) is 84.4 Å². The van der Waals surface area contributed by atoms with Crippen molar-refractivity contribution in [2.45, 2.75) is 19.9 Å². The van der Waals surface area contributed by atoms with Gasteiger partial charge in [0.2, 0.25) is 5.91 Å². The summed E-state index contributed by atoms with van der Waals surface area (Å²) in [4.78, 5) is 38.7. The van der Waals surface area contributed by atoms with Crippen LogP contribution in [0.2, 0.25) is 0 Å². The summed E-state index contributed by atoms with van der Waals surface area (Å²) >= 11 is 0. The van der Waals surface area contributed by atoms with Gasteiger partial charge >= 0.3 is 0 Å². The van der Waals surface area contributed by atoms with Crippen LogP contribution >= 0.6 is 0 Å². The first kappa shape index (κ1) is 19.4. The molecule has 1 heterocycles. The van der Waals surface area contributed by atoms with E-state index in [-0.39, 0.29) is 23.6 Å². The molecule has 0 atom stereocenters. The van der Waals surface area contributed by atoms with E-state index in [1.54, 1.807) is 36.2 Å². The maximum Gasteiger partial charge on any atom is 0.273 e. The Bertz CT molecular complexity index is 1080. The second-order valence-electron chi connectivity index (χ2n) is 6.52. The first-order chi connectivity index (χ1) is 13.5. The maximum atomic E-state index is 12.5. The lowest BCUT2D eigenvalue weighted by molar-refractivity contribution is -0.130. The fourth-order valence-corrected chi connectivity index (χ4v) is 2.95. The Labute approximate surface area is 162 Å². The van der Waals surface area contributed by atoms with Gasteiger partial charge in [-0.2, -0.15) is 0 Å². The monoisotopic (exact) mass is 381 g/mol. The van der Waals surface area contributed by atoms with Crippen LogP contribution in [0.15, 0.2) is 58.1 Å². The Hall–Kier alpha value is -3.35. The Kier molecular flexibility index (Phi) is 5.93. The number of aromatic nitrogens is 2. The molecule has 0 radical (unpaired) electrons. The molecule has 7 nitrogen and oxygen atoms in total. The molecule has 0 aliphatic rings. The van der Waals surface area contributed by atoms with Crippen molar-refractivity contribution in [2.75, 3.05) is 20.2 Å². The van der Waals surface area contributed by atoms with Crippen LogP contribution < -0.4 is 15.9 Å². The van der Waals surface area contributed by atoms with E-state index in [2.05, 4.69) is 5.10 Å². The van der Waals surface area contributed by atoms with Crippen molar-refractivity contribution >= 4 is 16.7 Å². The molecular formula is C21H23N3O4. The number of hydrogen-bond acceptors (Lipinski definition) is 4. The molecule has 3 aromatic rings. The van der Waals surface area contributed by atoms with E-state index in [1.807, 2.05) is 31.2 Å². The van der Waals surface area contributed by atoms with Gasteiger partial charge in [-0.3, -0.25) is 19.5 Å². The SMILES string of the molecule is CCOc1ccc(CCN(C)C(=O)Cn2[nH]c(=O)c3ccccc3c2=O)cc1. The molecular weight excluding hydrogens is 358 g/mol. The van der Waals surface area contributed by atoms with Gasteiger partial charge in [0.05, 0.1) is 17.4 Å². The smallest absolute Gasteiger partial charge is 0.273 e. The number of aromatic amines is 1. The Morgan fingerprint density at radius 3 is 2.43 bits per heavy atom. The highest BCUT2D eigenvalue weighted by Crippen LogP contribution is 2.12. The zero-order chi connectivity index (χ0) is 20.1. The highest BCUT2D eigenvalue weighted by Gasteiger charge is 2.13. The molecule has 7 heteroatoms. The third kappa shape index (κ3) is 4.31. The molecule has 1 amide bonds. The molecule has 1 N–H and O–H groups in total. The molecule has 146 valence electrons. The summed E-state index contributed by atoms with van der Waals surface area (Å²) in [6, 6.07) is 14.3. The summed E-state index contributed by atoms with van der Waals surface area (Å²) < 4.78 is 6.49. The number of fused-ring (bicyclic) bond motifs is 1. The highest BCUT2D eigenvalue weighted by atomic mass is 16.5. The number of nitrogens with one attached hydrogen (secondary N) is 1. The van der Waals surface area contributed by atoms with Crippen LogP contribution in [0.25, 0.3) is 10.8 Å². The van der Waals surface area contributed by atoms with Gasteiger partial charge in [-0.25, -0.2) is 4.68 Å². The number of ether oxygens (including phenoxy) is 1. The molecule has 0 spiro atoms. The average molecular weight is 381 g/mol. The van der Waals surface area contributed by atoms with Crippen molar-refractivity contribution in [1.82, 2.24) is 14.7 Å². The summed E-state index contributed by atoms with van der Waals surface area (Å²) in [5.74, 6) is 0.564. The van der Waals surface area contributed by atoms with Crippen LogP contribution in [0.5, 0.6) is 5.75 Å². The normalized spacial score (nSPS) is 10.8. The quantitative estimate of drug-likeness (QED) is 0.676. The number of benzene rings is 2. The van der Waals surface area contributed by atoms with E-state index < -0.39 is 0 Å². The molecule has 28 heavy (non-hydrogen) atoms. The highest BCUT2D eigenvalue weighted by molar-refractivity contribution is 5.81.